The van der Waals surface area contributed by atoms with Crippen molar-refractivity contribution in [2.45, 2.75) is 20.3 Å². The third kappa shape index (κ3) is 2.45. The van der Waals surface area contributed by atoms with E-state index in [1.165, 1.54) is 16.7 Å². The van der Waals surface area contributed by atoms with Crippen molar-refractivity contribution in [3.8, 4) is 0 Å². The van der Waals surface area contributed by atoms with E-state index in [0.29, 0.717) is 0 Å². The molecule has 1 aromatic carbocycles. The third-order valence-corrected chi connectivity index (χ3v) is 6.46. The highest BCUT2D eigenvalue weighted by Gasteiger charge is 2.14. The fourth-order valence-corrected chi connectivity index (χ4v) is 3.73. The van der Waals surface area contributed by atoms with Crippen LogP contribution in [-0.4, -0.2) is 5.33 Å². The van der Waals surface area contributed by atoms with Gasteiger partial charge in [-0.1, -0.05) is 15.9 Å². The van der Waals surface area contributed by atoms with Gasteiger partial charge >= 0.3 is 0 Å². The predicted molar refractivity (Wildman–Crippen MR) is 76.5 cm³/mol. The third-order valence-electron chi connectivity index (χ3n) is 2.34. The minimum atomic E-state index is 0.986. The molecule has 0 saturated heterocycles. The normalized spacial score (nSPS) is 10.7. The molecule has 0 atom stereocenters. The van der Waals surface area contributed by atoms with E-state index in [9.17, 15) is 0 Å². The van der Waals surface area contributed by atoms with Crippen molar-refractivity contribution in [3.05, 3.63) is 30.1 Å². The summed E-state index contributed by atoms with van der Waals surface area (Å²) in [6.07, 6.45) is 1.04. The highest BCUT2D eigenvalue weighted by Crippen LogP contribution is 2.39. The number of hydrogen-bond donors (Lipinski definition) is 0. The first kappa shape index (κ1) is 13.2. The Bertz CT molecular complexity index is 329. The van der Waals surface area contributed by atoms with Crippen LogP contribution in [0, 0.1) is 13.8 Å². The Kier molecular flexibility index (Phi) is 5.15. The molecule has 1 rings (SSSR count). The molecule has 0 N–H and O–H groups in total. The van der Waals surface area contributed by atoms with Gasteiger partial charge in [0, 0.05) is 18.7 Å². The van der Waals surface area contributed by atoms with E-state index >= 15 is 0 Å². The molecule has 0 fully saturated rings. The molecule has 1 aromatic rings. The molecule has 0 amide bonds. The minimum absolute atomic E-state index is 0.986. The predicted octanol–water partition coefficient (Wildman–Crippen LogP) is 5.53. The van der Waals surface area contributed by atoms with Gasteiger partial charge in [-0.05, 0) is 84.7 Å². The number of halogens is 4. The monoisotopic (exact) mass is 446 g/mol. The Morgan fingerprint density at radius 2 is 1.43 bits per heavy atom. The summed E-state index contributed by atoms with van der Waals surface area (Å²) in [6, 6.07) is 0. The van der Waals surface area contributed by atoms with Crippen LogP contribution in [0.1, 0.15) is 16.7 Å². The van der Waals surface area contributed by atoms with Gasteiger partial charge < -0.3 is 0 Å². The van der Waals surface area contributed by atoms with E-state index in [1.807, 2.05) is 0 Å². The van der Waals surface area contributed by atoms with Crippen molar-refractivity contribution < 1.29 is 0 Å². The summed E-state index contributed by atoms with van der Waals surface area (Å²) in [5.74, 6) is 0. The van der Waals surface area contributed by atoms with Crippen LogP contribution in [0.15, 0.2) is 13.4 Å². The van der Waals surface area contributed by atoms with Gasteiger partial charge in [0.05, 0.1) is 0 Å². The average molecular weight is 450 g/mol. The lowest BCUT2D eigenvalue weighted by Crippen LogP contribution is -1.97. The quantitative estimate of drug-likeness (QED) is 0.411. The first-order valence-electron chi connectivity index (χ1n) is 4.19. The smallest absolute Gasteiger partial charge is 0.0465 e. The van der Waals surface area contributed by atoms with Gasteiger partial charge in [0.25, 0.3) is 0 Å². The second kappa shape index (κ2) is 5.46. The molecule has 0 aromatic heterocycles. The second-order valence-electron chi connectivity index (χ2n) is 3.11. The minimum Gasteiger partial charge on any atom is -0.0924 e. The van der Waals surface area contributed by atoms with Gasteiger partial charge in [0.2, 0.25) is 0 Å². The molecule has 0 bridgehead atoms. The van der Waals surface area contributed by atoms with E-state index in [4.69, 9.17) is 0 Å². The molecule has 0 saturated carbocycles. The van der Waals surface area contributed by atoms with Gasteiger partial charge in [-0.3, -0.25) is 0 Å². The standard InChI is InChI=1S/C10H10Br4/c1-5-6(2)8(12)10(14)9(13)7(5)3-4-11/h3-4H2,1-2H3. The molecule has 78 valence electrons. The topological polar surface area (TPSA) is 0 Å². The largest absolute Gasteiger partial charge is 0.0924 e. The van der Waals surface area contributed by atoms with Crippen molar-refractivity contribution in [3.63, 3.8) is 0 Å². The Morgan fingerprint density at radius 3 is 1.93 bits per heavy atom. The Hall–Kier alpha value is 1.14. The Morgan fingerprint density at radius 1 is 0.857 bits per heavy atom. The lowest BCUT2D eigenvalue weighted by Gasteiger charge is -2.14. The SMILES string of the molecule is Cc1c(C)c(CCBr)c(Br)c(Br)c1Br. The maximum atomic E-state index is 3.62. The molecule has 0 aliphatic heterocycles. The molecular weight excluding hydrogens is 440 g/mol. The lowest BCUT2D eigenvalue weighted by atomic mass is 10.0. The van der Waals surface area contributed by atoms with E-state index in [-0.39, 0.29) is 0 Å². The number of benzene rings is 1. The lowest BCUT2D eigenvalue weighted by molar-refractivity contribution is 1.09. The van der Waals surface area contributed by atoms with Crippen LogP contribution in [-0.2, 0) is 6.42 Å². The molecular formula is C10H10Br4. The summed E-state index contributed by atoms with van der Waals surface area (Å²) in [5, 5.41) is 0.986. The van der Waals surface area contributed by atoms with Crippen LogP contribution in [0.3, 0.4) is 0 Å². The van der Waals surface area contributed by atoms with Gasteiger partial charge in [-0.25, -0.2) is 0 Å². The van der Waals surface area contributed by atoms with Gasteiger partial charge in [0.15, 0.2) is 0 Å². The van der Waals surface area contributed by atoms with Crippen LogP contribution in [0.2, 0.25) is 0 Å². The number of alkyl halides is 1. The zero-order valence-electron chi connectivity index (χ0n) is 7.93. The zero-order chi connectivity index (χ0) is 10.9. The Balaban J connectivity index is 3.43. The summed E-state index contributed by atoms with van der Waals surface area (Å²) in [4.78, 5) is 0. The van der Waals surface area contributed by atoms with Gasteiger partial charge in [-0.15, -0.1) is 0 Å². The fraction of sp³-hybridized carbons (Fsp3) is 0.400. The summed E-state index contributed by atoms with van der Waals surface area (Å²) in [6.45, 7) is 4.30. The molecule has 0 aliphatic carbocycles. The first-order valence-corrected chi connectivity index (χ1v) is 7.69. The van der Waals surface area contributed by atoms with Crippen LogP contribution < -0.4 is 0 Å². The van der Waals surface area contributed by atoms with Crippen LogP contribution in [0.25, 0.3) is 0 Å². The van der Waals surface area contributed by atoms with Crippen molar-refractivity contribution in [1.82, 2.24) is 0 Å². The van der Waals surface area contributed by atoms with Crippen LogP contribution >= 0.6 is 63.7 Å². The van der Waals surface area contributed by atoms with Crippen molar-refractivity contribution in [2.75, 3.05) is 5.33 Å². The van der Waals surface area contributed by atoms with Crippen molar-refractivity contribution in [2.24, 2.45) is 0 Å². The molecule has 0 aliphatic rings. The van der Waals surface area contributed by atoms with Gasteiger partial charge in [0.1, 0.15) is 0 Å². The van der Waals surface area contributed by atoms with E-state index in [2.05, 4.69) is 77.6 Å². The highest BCUT2D eigenvalue weighted by atomic mass is 79.9. The van der Waals surface area contributed by atoms with E-state index in [1.54, 1.807) is 0 Å². The molecule has 0 spiro atoms. The summed E-state index contributed by atoms with van der Waals surface area (Å²) in [7, 11) is 0. The molecule has 0 unspecified atom stereocenters. The molecule has 14 heavy (non-hydrogen) atoms. The number of hydrogen-bond acceptors (Lipinski definition) is 0. The van der Waals surface area contributed by atoms with Crippen molar-refractivity contribution >= 4 is 63.7 Å². The first-order chi connectivity index (χ1) is 6.50. The maximum Gasteiger partial charge on any atom is 0.0465 e. The highest BCUT2D eigenvalue weighted by molar-refractivity contribution is 9.14. The van der Waals surface area contributed by atoms with Crippen molar-refractivity contribution in [1.29, 1.82) is 0 Å². The second-order valence-corrected chi connectivity index (χ2v) is 6.28. The van der Waals surface area contributed by atoms with Crippen LogP contribution in [0.4, 0.5) is 0 Å². The van der Waals surface area contributed by atoms with Gasteiger partial charge in [-0.2, -0.15) is 0 Å². The average Bonchev–Trinajstić information content (AvgIpc) is 2.19. The molecule has 0 nitrogen and oxygen atoms in total. The summed E-state index contributed by atoms with van der Waals surface area (Å²) < 4.78 is 3.41. The summed E-state index contributed by atoms with van der Waals surface area (Å²) in [5.41, 5.74) is 4.02. The molecule has 0 radical (unpaired) electrons. The fourth-order valence-electron chi connectivity index (χ4n) is 1.34. The zero-order valence-corrected chi connectivity index (χ0v) is 14.3. The Labute approximate surface area is 118 Å². The van der Waals surface area contributed by atoms with E-state index in [0.717, 1.165) is 25.2 Å². The maximum absolute atomic E-state index is 3.62. The number of rotatable bonds is 2. The summed E-state index contributed by atoms with van der Waals surface area (Å²) >= 11 is 14.2. The molecule has 4 heteroatoms. The van der Waals surface area contributed by atoms with Crippen LogP contribution in [0.5, 0.6) is 0 Å². The molecule has 0 heterocycles. The van der Waals surface area contributed by atoms with E-state index < -0.39 is 0 Å².